The zero-order valence-corrected chi connectivity index (χ0v) is 70.8. The molecular formula is C82H71BrF24K2O11. The standard InChI is InChI=1S/3C21H18F6O2.C15H10F6O2.C3H5Br.CH2O3.2K.H/c2*1-3-13-28-17-9-5-15(6-10-17)19(20(22,23)24,21(25,26)27)16-7-11-18(12-8-16)29-14-4-2;1-3-5-13-11-15(7-9-17(13)28)19(20(22,23)24,21(25,26)27)16-8-10-18(29)14(12-16)6-4-2;16-14(17,18)13(15(19,20)21,9-1-5-11(22)6-2-9)10-3-7-12(23)8-4-10;1-2-3-4;2-1-4-3;;;/h2*3-12H,1-2,13-14H2;3-4,7-12,28-29H,1-2,5-6H2;1-8,22-23H;2H,1,3H2;1,3H;;;/q;;;;;;2*+1;-1/p-1. The number of phenols is 4. The van der Waals surface area contributed by atoms with E-state index in [-0.39, 0.29) is 184 Å². The Balaban J connectivity index is 0.00000153. The van der Waals surface area contributed by atoms with Gasteiger partial charge in [0.25, 0.3) is 6.47 Å². The largest absolute Gasteiger partial charge is 1.00 e. The molecule has 8 aromatic carbocycles. The summed E-state index contributed by atoms with van der Waals surface area (Å²) in [5.74, 6) is -1.30. The number of hydrogen-bond acceptors (Lipinski definition) is 11. The summed E-state index contributed by atoms with van der Waals surface area (Å²) in [6, 6.07) is 24.1. The third kappa shape index (κ3) is 26.4. The van der Waals surface area contributed by atoms with Crippen LogP contribution in [0.25, 0.3) is 0 Å². The monoisotopic (exact) mass is 1840 g/mol. The van der Waals surface area contributed by atoms with Gasteiger partial charge in [-0.05, 0) is 153 Å². The van der Waals surface area contributed by atoms with Crippen molar-refractivity contribution in [3.63, 3.8) is 0 Å². The Labute approximate surface area is 766 Å². The summed E-state index contributed by atoms with van der Waals surface area (Å²) in [4.78, 5) is 11.2. The zero-order valence-electron chi connectivity index (χ0n) is 63.9. The second-order valence-electron chi connectivity index (χ2n) is 23.9. The van der Waals surface area contributed by atoms with Crippen LogP contribution in [0.2, 0.25) is 0 Å². The number of aromatic hydroxyl groups is 4. The first-order valence-corrected chi connectivity index (χ1v) is 34.3. The van der Waals surface area contributed by atoms with Crippen LogP contribution in [0, 0.1) is 0 Å². The van der Waals surface area contributed by atoms with Crippen molar-refractivity contribution in [1.29, 1.82) is 0 Å². The molecule has 0 amide bonds. The quantitative estimate of drug-likeness (QED) is 0.00775. The number of carbonyl (C=O) groups is 1. The average Bonchev–Trinajstić information content (AvgIpc) is 0.736. The van der Waals surface area contributed by atoms with Gasteiger partial charge in [-0.2, -0.15) is 105 Å². The molecule has 0 aliphatic heterocycles. The number of alkyl halides is 25. The topological polar surface area (TPSA) is 167 Å². The van der Waals surface area contributed by atoms with Crippen LogP contribution in [0.5, 0.6) is 46.0 Å². The molecule has 0 saturated carbocycles. The van der Waals surface area contributed by atoms with Crippen LogP contribution in [0.15, 0.2) is 271 Å². The van der Waals surface area contributed by atoms with E-state index in [0.717, 1.165) is 139 Å². The van der Waals surface area contributed by atoms with Gasteiger partial charge in [-0.15, -0.1) is 19.7 Å². The first-order chi connectivity index (χ1) is 54.9. The van der Waals surface area contributed by atoms with Crippen molar-refractivity contribution in [2.45, 2.75) is 83.9 Å². The zero-order chi connectivity index (χ0) is 89.7. The molecular weight excluding hydrogens is 1770 g/mol. The van der Waals surface area contributed by atoms with E-state index in [1.165, 1.54) is 36.5 Å². The molecule has 11 nitrogen and oxygen atoms in total. The number of halogens is 25. The molecule has 8 aromatic rings. The Hall–Kier alpha value is -8.16. The molecule has 120 heavy (non-hydrogen) atoms. The second kappa shape index (κ2) is 47.5. The van der Waals surface area contributed by atoms with E-state index in [9.17, 15) is 116 Å². The van der Waals surface area contributed by atoms with Crippen LogP contribution in [0.1, 0.15) is 57.1 Å². The van der Waals surface area contributed by atoms with Crippen molar-refractivity contribution in [2.75, 3.05) is 31.8 Å². The molecule has 0 atom stereocenters. The molecule has 0 spiro atoms. The fraction of sp³-hybridized carbons (Fsp3) is 0.232. The van der Waals surface area contributed by atoms with E-state index in [0.29, 0.717) is 48.5 Å². The normalized spacial score (nSPS) is 11.9. The molecule has 0 unspecified atom stereocenters. The Morgan fingerprint density at radius 3 is 0.617 bits per heavy atom. The number of benzene rings is 8. The Kier molecular flexibility index (Phi) is 43.5. The maximum atomic E-state index is 14.2. The van der Waals surface area contributed by atoms with Gasteiger partial charge >= 0.3 is 152 Å². The molecule has 0 aliphatic carbocycles. The Morgan fingerprint density at radius 1 is 0.300 bits per heavy atom. The minimum Gasteiger partial charge on any atom is -1.00 e. The number of hydrogen-bond donors (Lipinski definition) is 4. The summed E-state index contributed by atoms with van der Waals surface area (Å²) in [5.41, 5.74) is -25.6. The third-order valence-electron chi connectivity index (χ3n) is 16.5. The molecule has 642 valence electrons. The van der Waals surface area contributed by atoms with Crippen LogP contribution in [-0.4, -0.2) is 108 Å². The summed E-state index contributed by atoms with van der Waals surface area (Å²) in [6.07, 6.45) is -35.9. The SMILES string of the molecule is C=CCBr.C=CCOc1ccc(C(c2ccc(OCC=C)cc2)(C(F)(F)F)C(F)(F)F)cc1.C=CCOc1ccc(C(c2ccc(OCC=C)cc2)(C(F)(F)F)C(F)(F)F)cc1.C=CCc1cc(C(c2ccc(O)c(CC=C)c2)(C(F)(F)F)C(F)(F)F)ccc1O.O=CO[O-].Oc1ccc(C(c2ccc(O)cc2)(C(F)(F)F)C(F)(F)F)cc1.[H-].[K+].[K+]. The van der Waals surface area contributed by atoms with Gasteiger partial charge in [0.2, 0.25) is 21.7 Å². The summed E-state index contributed by atoms with van der Waals surface area (Å²) < 4.78 is 356. The molecule has 0 aliphatic rings. The van der Waals surface area contributed by atoms with E-state index < -0.39 is 139 Å². The minimum atomic E-state index is -5.77. The van der Waals surface area contributed by atoms with Crippen molar-refractivity contribution in [2.24, 2.45) is 0 Å². The number of ether oxygens (including phenoxy) is 4. The van der Waals surface area contributed by atoms with Crippen LogP contribution >= 0.6 is 15.9 Å². The van der Waals surface area contributed by atoms with Gasteiger partial charge in [-0.1, -0.05) is 182 Å². The van der Waals surface area contributed by atoms with Gasteiger partial charge in [0.15, 0.2) is 0 Å². The molecule has 0 bridgehead atoms. The van der Waals surface area contributed by atoms with Crippen LogP contribution < -0.4 is 127 Å². The molecule has 38 heteroatoms. The first kappa shape index (κ1) is 110. The van der Waals surface area contributed by atoms with Crippen LogP contribution in [0.3, 0.4) is 0 Å². The molecule has 0 fully saturated rings. The molecule has 0 radical (unpaired) electrons. The third-order valence-corrected chi connectivity index (χ3v) is 17.0. The smallest absolute Gasteiger partial charge is 1.00 e. The van der Waals surface area contributed by atoms with E-state index >= 15 is 0 Å². The maximum absolute atomic E-state index is 14.2. The molecule has 4 N–H and O–H groups in total. The van der Waals surface area contributed by atoms with Gasteiger partial charge in [-0.25, -0.2) is 0 Å². The van der Waals surface area contributed by atoms with Crippen molar-refractivity contribution in [3.8, 4) is 46.0 Å². The number of allylic oxidation sites excluding steroid dienone is 3. The summed E-state index contributed by atoms with van der Waals surface area (Å²) in [7, 11) is 0. The van der Waals surface area contributed by atoms with Gasteiger partial charge < -0.3 is 50.9 Å². The molecule has 0 saturated heterocycles. The maximum Gasteiger partial charge on any atom is 1.00 e. The fourth-order valence-corrected chi connectivity index (χ4v) is 11.5. The summed E-state index contributed by atoms with van der Waals surface area (Å²) in [6.45, 7) is 24.0. The minimum absolute atomic E-state index is 0. The Morgan fingerprint density at radius 2 is 0.467 bits per heavy atom. The number of carbonyl (C=O) groups excluding carboxylic acids is 1. The molecule has 0 aromatic heterocycles. The van der Waals surface area contributed by atoms with Gasteiger partial charge in [0, 0.05) is 5.33 Å². The first-order valence-electron chi connectivity index (χ1n) is 33.1. The van der Waals surface area contributed by atoms with Crippen molar-refractivity contribution in [3.05, 3.63) is 326 Å². The van der Waals surface area contributed by atoms with Crippen molar-refractivity contribution < 1.29 is 264 Å². The van der Waals surface area contributed by atoms with Crippen LogP contribution in [-0.2, 0) is 44.2 Å². The predicted octanol–water partition coefficient (Wildman–Crippen LogP) is 17.1. The molecule has 0 heterocycles. The van der Waals surface area contributed by atoms with Gasteiger partial charge in [0.1, 0.15) is 72.4 Å². The predicted molar refractivity (Wildman–Crippen MR) is 393 cm³/mol. The molecule has 8 rings (SSSR count). The fourth-order valence-electron chi connectivity index (χ4n) is 11.5. The van der Waals surface area contributed by atoms with E-state index in [1.54, 1.807) is 6.08 Å². The number of rotatable bonds is 26. The van der Waals surface area contributed by atoms with E-state index in [4.69, 9.17) is 39.2 Å². The Bertz CT molecular complexity index is 4100. The van der Waals surface area contributed by atoms with Gasteiger partial charge in [-0.3, -0.25) is 4.79 Å². The number of phenolic OH excluding ortho intramolecular Hbond substituents is 4. The average molecular weight is 1850 g/mol. The van der Waals surface area contributed by atoms with E-state index in [2.05, 4.69) is 66.9 Å². The van der Waals surface area contributed by atoms with Crippen molar-refractivity contribution >= 4 is 22.4 Å². The summed E-state index contributed by atoms with van der Waals surface area (Å²) in [5, 5.41) is 47.2. The van der Waals surface area contributed by atoms with E-state index in [1.807, 2.05) is 0 Å². The summed E-state index contributed by atoms with van der Waals surface area (Å²) >= 11 is 3.13. The van der Waals surface area contributed by atoms with Crippen molar-refractivity contribution in [1.82, 2.24) is 0 Å². The second-order valence-corrected chi connectivity index (χ2v) is 24.5. The van der Waals surface area contributed by atoms with Crippen LogP contribution in [0.4, 0.5) is 105 Å². The van der Waals surface area contributed by atoms with Gasteiger partial charge in [0.05, 0.1) is 0 Å².